The molecule has 1 fully saturated rings. The van der Waals surface area contributed by atoms with Crippen molar-refractivity contribution < 1.29 is 45.7 Å². The molecule has 1 aliphatic heterocycles. The molecule has 0 unspecified atom stereocenters. The van der Waals surface area contributed by atoms with Crippen LogP contribution in [0.25, 0.3) is 22.6 Å². The minimum atomic E-state index is -2.36. The molecule has 1 amide bonds. The van der Waals surface area contributed by atoms with Gasteiger partial charge in [-0.05, 0) is 23.3 Å². The first-order chi connectivity index (χ1) is 26.1. The number of halogens is 5. The van der Waals surface area contributed by atoms with Crippen LogP contribution < -0.4 is 5.32 Å². The van der Waals surface area contributed by atoms with Gasteiger partial charge in [0, 0.05) is 34.0 Å². The maximum atomic E-state index is 14.3. The van der Waals surface area contributed by atoms with Crippen LogP contribution in [0.4, 0.5) is 27.6 Å². The molecule has 0 bridgehead atoms. The second-order valence-corrected chi connectivity index (χ2v) is 13.5. The molecule has 7 rings (SSSR count). The molecule has 5 aromatic carbocycles. The first kappa shape index (κ1) is 37.0. The number of carbonyl (C=O) groups excluding carboxylic acids is 1. The Bertz CT molecular complexity index is 2170. The molecule has 0 radical (unpaired) electrons. The van der Waals surface area contributed by atoms with Gasteiger partial charge in [0.2, 0.25) is 5.82 Å². The molecule has 4 atom stereocenters. The van der Waals surface area contributed by atoms with Gasteiger partial charge in [-0.25, -0.2) is 26.9 Å². The fraction of sp³-hybridized carbons (Fsp3) is 0.171. The van der Waals surface area contributed by atoms with Crippen LogP contribution in [0.2, 0.25) is 0 Å². The summed E-state index contributed by atoms with van der Waals surface area (Å²) in [6, 6.07) is 32.7. The van der Waals surface area contributed by atoms with Crippen molar-refractivity contribution in [2.75, 3.05) is 11.1 Å². The number of nitrogens with one attached hydrogen (secondary N) is 1. The summed E-state index contributed by atoms with van der Waals surface area (Å²) < 4.78 is 88.8. The van der Waals surface area contributed by atoms with Crippen molar-refractivity contribution in [1.82, 2.24) is 4.98 Å². The summed E-state index contributed by atoms with van der Waals surface area (Å²) in [6.45, 7) is 1.89. The monoisotopic (exact) mass is 758 g/mol. The van der Waals surface area contributed by atoms with Crippen LogP contribution in [0.5, 0.6) is 0 Å². The highest BCUT2D eigenvalue weighted by atomic mass is 32.2. The largest absolute Gasteiger partial charge is 0.431 e. The van der Waals surface area contributed by atoms with Gasteiger partial charge in [0.15, 0.2) is 35.3 Å². The van der Waals surface area contributed by atoms with Gasteiger partial charge >= 0.3 is 0 Å². The molecule has 54 heavy (non-hydrogen) atoms. The summed E-state index contributed by atoms with van der Waals surface area (Å²) in [5, 5.41) is 12.2. The van der Waals surface area contributed by atoms with E-state index in [1.807, 2.05) is 91.9 Å². The number of aromatic nitrogens is 1. The van der Waals surface area contributed by atoms with Crippen LogP contribution in [0, 0.1) is 35.0 Å². The van der Waals surface area contributed by atoms with E-state index in [9.17, 15) is 31.9 Å². The lowest BCUT2D eigenvalue weighted by Gasteiger charge is -2.41. The molecule has 0 saturated carbocycles. The highest BCUT2D eigenvalue weighted by Gasteiger charge is 2.39. The maximum absolute atomic E-state index is 14.3. The predicted molar refractivity (Wildman–Crippen MR) is 192 cm³/mol. The zero-order valence-corrected chi connectivity index (χ0v) is 29.3. The average Bonchev–Trinajstić information content (AvgIpc) is 3.64. The number of ether oxygens (including phenoxy) is 2. The number of anilines is 1. The van der Waals surface area contributed by atoms with Gasteiger partial charge < -0.3 is 24.3 Å². The minimum Gasteiger partial charge on any atom is -0.431 e. The van der Waals surface area contributed by atoms with Crippen LogP contribution in [-0.2, 0) is 16.1 Å². The van der Waals surface area contributed by atoms with Gasteiger partial charge in [-0.1, -0.05) is 116 Å². The molecule has 1 aliphatic rings. The number of aliphatic hydroxyl groups is 1. The molecule has 1 saturated heterocycles. The predicted octanol–water partition coefficient (Wildman–Crippen LogP) is 10.0. The molecule has 0 aliphatic carbocycles. The van der Waals surface area contributed by atoms with E-state index in [1.165, 1.54) is 23.9 Å². The Labute approximate surface area is 310 Å². The Morgan fingerprint density at radius 2 is 1.31 bits per heavy atom. The van der Waals surface area contributed by atoms with Crippen LogP contribution in [0.15, 0.2) is 119 Å². The molecule has 7 nitrogen and oxygen atoms in total. The smallest absolute Gasteiger partial charge is 0.261 e. The van der Waals surface area contributed by atoms with E-state index in [1.54, 1.807) is 12.1 Å². The first-order valence-corrected chi connectivity index (χ1v) is 17.8. The zero-order valence-electron chi connectivity index (χ0n) is 28.4. The third kappa shape index (κ3) is 7.53. The van der Waals surface area contributed by atoms with Crippen molar-refractivity contribution in [3.8, 4) is 22.6 Å². The van der Waals surface area contributed by atoms with E-state index in [0.717, 1.165) is 22.3 Å². The molecule has 276 valence electrons. The summed E-state index contributed by atoms with van der Waals surface area (Å²) >= 11 is 1.39. The van der Waals surface area contributed by atoms with Crippen LogP contribution in [0.3, 0.4) is 0 Å². The van der Waals surface area contributed by atoms with E-state index < -0.39 is 59.1 Å². The average molecular weight is 759 g/mol. The number of carbonyl (C=O) groups is 1. The van der Waals surface area contributed by atoms with E-state index in [0.29, 0.717) is 28.0 Å². The third-order valence-electron chi connectivity index (χ3n) is 9.06. The minimum absolute atomic E-state index is 0.0208. The molecule has 1 aromatic heterocycles. The Morgan fingerprint density at radius 3 is 1.93 bits per heavy atom. The number of rotatable bonds is 10. The molecule has 2 heterocycles. The highest BCUT2D eigenvalue weighted by Crippen LogP contribution is 2.44. The van der Waals surface area contributed by atoms with Crippen LogP contribution in [0.1, 0.15) is 46.4 Å². The zero-order chi connectivity index (χ0) is 37.9. The summed E-state index contributed by atoms with van der Waals surface area (Å²) in [5.74, 6) is -11.9. The fourth-order valence-electron chi connectivity index (χ4n) is 6.12. The summed E-state index contributed by atoms with van der Waals surface area (Å²) in [7, 11) is 0. The van der Waals surface area contributed by atoms with Crippen molar-refractivity contribution in [2.24, 2.45) is 5.92 Å². The number of aliphatic hydroxyl groups excluding tert-OH is 1. The maximum Gasteiger partial charge on any atom is 0.261 e. The summed E-state index contributed by atoms with van der Waals surface area (Å²) in [5.41, 5.74) is 3.02. The number of nitrogens with zero attached hydrogens (tertiary/aromatic N) is 1. The Kier molecular flexibility index (Phi) is 10.9. The van der Waals surface area contributed by atoms with Crippen molar-refractivity contribution in [1.29, 1.82) is 0 Å². The molecular weight excluding hydrogens is 728 g/mol. The number of hydrogen-bond acceptors (Lipinski definition) is 7. The SMILES string of the molecule is C[C@H]1[C@@H](CSc2nc(-c3ccccc3)c(-c3ccccc3)o2)O[C@@H](c2ccc(NC(=O)c3c(F)c(F)c(F)c(F)c3F)cc2)O[C@H]1c1ccc(CO)cc1. The molecular formula is C41H31F5N2O5S. The number of amides is 1. The number of thioether (sulfide) groups is 1. The first-order valence-electron chi connectivity index (χ1n) is 16.8. The van der Waals surface area contributed by atoms with Crippen LogP contribution >= 0.6 is 11.8 Å². The van der Waals surface area contributed by atoms with Gasteiger partial charge in [0.1, 0.15) is 11.3 Å². The number of benzene rings is 5. The Morgan fingerprint density at radius 1 is 0.741 bits per heavy atom. The van der Waals surface area contributed by atoms with E-state index in [4.69, 9.17) is 18.9 Å². The molecule has 6 aromatic rings. The van der Waals surface area contributed by atoms with Gasteiger partial charge in [-0.2, -0.15) is 0 Å². The van der Waals surface area contributed by atoms with Crippen molar-refractivity contribution in [2.45, 2.75) is 37.3 Å². The standard InChI is InChI=1S/C41H31F5N2O5S/c1-22-29(21-54-41-48-36(24-8-4-2-5-9-24)38(53-41)25-10-6-3-7-11-25)51-40(52-37(22)26-14-12-23(20-49)13-15-26)27-16-18-28(19-17-27)47-39(50)30-31(42)33(44)35(46)34(45)32(30)43/h2-19,22,29,37,40,49H,20-21H2,1H3,(H,47,50)/t22-,29+,37+,40+/m0/s1. The van der Waals surface area contributed by atoms with Crippen LogP contribution in [-0.4, -0.2) is 27.9 Å². The summed E-state index contributed by atoms with van der Waals surface area (Å²) in [6.07, 6.45) is -1.78. The van der Waals surface area contributed by atoms with E-state index in [2.05, 4.69) is 5.32 Å². The Balaban J connectivity index is 1.14. The lowest BCUT2D eigenvalue weighted by molar-refractivity contribution is -0.268. The molecule has 2 N–H and O–H groups in total. The summed E-state index contributed by atoms with van der Waals surface area (Å²) in [4.78, 5) is 17.5. The number of hydrogen-bond donors (Lipinski definition) is 2. The second-order valence-electron chi connectivity index (χ2n) is 12.5. The van der Waals surface area contributed by atoms with Gasteiger partial charge in [0.05, 0.1) is 18.8 Å². The van der Waals surface area contributed by atoms with Crippen molar-refractivity contribution >= 4 is 23.4 Å². The van der Waals surface area contributed by atoms with Gasteiger partial charge in [-0.3, -0.25) is 4.79 Å². The molecule has 13 heteroatoms. The topological polar surface area (TPSA) is 93.8 Å². The van der Waals surface area contributed by atoms with Crippen molar-refractivity contribution in [3.05, 3.63) is 161 Å². The third-order valence-corrected chi connectivity index (χ3v) is 9.98. The Hall–Kier alpha value is -5.34. The van der Waals surface area contributed by atoms with Crippen molar-refractivity contribution in [3.63, 3.8) is 0 Å². The van der Waals surface area contributed by atoms with Gasteiger partial charge in [-0.15, -0.1) is 0 Å². The normalized spacial score (nSPS) is 18.4. The molecule has 0 spiro atoms. The lowest BCUT2D eigenvalue weighted by atomic mass is 9.91. The van der Waals surface area contributed by atoms with E-state index >= 15 is 0 Å². The number of oxazole rings is 1. The quantitative estimate of drug-likeness (QED) is 0.0622. The second kappa shape index (κ2) is 15.9. The van der Waals surface area contributed by atoms with Gasteiger partial charge in [0.25, 0.3) is 11.1 Å². The fourth-order valence-corrected chi connectivity index (χ4v) is 7.11. The highest BCUT2D eigenvalue weighted by molar-refractivity contribution is 7.99. The van der Waals surface area contributed by atoms with E-state index in [-0.39, 0.29) is 18.2 Å². The lowest BCUT2D eigenvalue weighted by Crippen LogP contribution is -2.38.